The summed E-state index contributed by atoms with van der Waals surface area (Å²) >= 11 is 1.94. The standard InChI is InChI=1S/C20H27NO2S/c1-2-23-18-5-3-17(4-6-18)21-19(22)13-24-20-10-14-7-15(11-20)9-16(8-14)12-20/h3-6,14-16H,2,7-13H2,1H3,(H,21,22). The summed E-state index contributed by atoms with van der Waals surface area (Å²) in [6.07, 6.45) is 8.41. The van der Waals surface area contributed by atoms with Crippen molar-refractivity contribution in [3.8, 4) is 5.75 Å². The van der Waals surface area contributed by atoms with Crippen LogP contribution in [-0.2, 0) is 4.79 Å². The molecule has 0 atom stereocenters. The molecule has 0 heterocycles. The van der Waals surface area contributed by atoms with Gasteiger partial charge in [-0.25, -0.2) is 0 Å². The first-order chi connectivity index (χ1) is 11.6. The lowest BCUT2D eigenvalue weighted by atomic mass is 9.56. The Hall–Kier alpha value is -1.16. The summed E-state index contributed by atoms with van der Waals surface area (Å²) < 4.78 is 5.84. The second-order valence-corrected chi connectivity index (χ2v) is 9.34. The SMILES string of the molecule is CCOc1ccc(NC(=O)CSC23CC4CC(CC(C4)C2)C3)cc1. The van der Waals surface area contributed by atoms with Crippen LogP contribution in [-0.4, -0.2) is 23.0 Å². The van der Waals surface area contributed by atoms with Crippen LogP contribution >= 0.6 is 11.8 Å². The summed E-state index contributed by atoms with van der Waals surface area (Å²) in [5, 5.41) is 3.03. The molecule has 1 aromatic carbocycles. The third-order valence-electron chi connectivity index (χ3n) is 5.94. The maximum atomic E-state index is 12.4. The van der Waals surface area contributed by atoms with E-state index in [1.807, 2.05) is 43.0 Å². The molecule has 1 N–H and O–H groups in total. The lowest BCUT2D eigenvalue weighted by Gasteiger charge is -2.56. The largest absolute Gasteiger partial charge is 0.494 e. The predicted molar refractivity (Wildman–Crippen MR) is 99.6 cm³/mol. The first-order valence-corrected chi connectivity index (χ1v) is 10.3. The van der Waals surface area contributed by atoms with E-state index in [-0.39, 0.29) is 5.91 Å². The lowest BCUT2D eigenvalue weighted by Crippen LogP contribution is -2.49. The zero-order valence-corrected chi connectivity index (χ0v) is 15.2. The van der Waals surface area contributed by atoms with Crippen molar-refractivity contribution in [2.24, 2.45) is 17.8 Å². The number of thioether (sulfide) groups is 1. The smallest absolute Gasteiger partial charge is 0.234 e. The topological polar surface area (TPSA) is 38.3 Å². The molecule has 5 rings (SSSR count). The van der Waals surface area contributed by atoms with Crippen LogP contribution in [0.2, 0.25) is 0 Å². The minimum atomic E-state index is 0.125. The number of benzene rings is 1. The van der Waals surface area contributed by atoms with Crippen LogP contribution in [0.3, 0.4) is 0 Å². The molecule has 4 saturated carbocycles. The van der Waals surface area contributed by atoms with Gasteiger partial charge in [-0.05, 0) is 87.5 Å². The molecule has 4 fully saturated rings. The molecule has 4 aliphatic carbocycles. The molecular formula is C20H27NO2S. The first-order valence-electron chi connectivity index (χ1n) is 9.31. The second-order valence-electron chi connectivity index (χ2n) is 7.89. The minimum Gasteiger partial charge on any atom is -0.494 e. The van der Waals surface area contributed by atoms with Crippen molar-refractivity contribution >= 4 is 23.4 Å². The van der Waals surface area contributed by atoms with Gasteiger partial charge in [-0.15, -0.1) is 11.8 Å². The Kier molecular flexibility index (Phi) is 4.50. The van der Waals surface area contributed by atoms with E-state index >= 15 is 0 Å². The van der Waals surface area contributed by atoms with E-state index in [1.54, 1.807) is 0 Å². The van der Waals surface area contributed by atoms with Gasteiger partial charge in [0.15, 0.2) is 0 Å². The van der Waals surface area contributed by atoms with Gasteiger partial charge in [-0.2, -0.15) is 0 Å². The van der Waals surface area contributed by atoms with Crippen LogP contribution in [0.5, 0.6) is 5.75 Å². The van der Waals surface area contributed by atoms with Crippen molar-refractivity contribution in [3.05, 3.63) is 24.3 Å². The Labute approximate surface area is 148 Å². The van der Waals surface area contributed by atoms with E-state index in [9.17, 15) is 4.79 Å². The highest BCUT2D eigenvalue weighted by Crippen LogP contribution is 2.60. The number of carbonyl (C=O) groups is 1. The van der Waals surface area contributed by atoms with Gasteiger partial charge in [0.1, 0.15) is 5.75 Å². The Bertz CT molecular complexity index is 563. The van der Waals surface area contributed by atoms with Crippen molar-refractivity contribution in [1.82, 2.24) is 0 Å². The van der Waals surface area contributed by atoms with Crippen LogP contribution in [0.25, 0.3) is 0 Å². The van der Waals surface area contributed by atoms with Gasteiger partial charge in [0.25, 0.3) is 0 Å². The number of carbonyl (C=O) groups excluding carboxylic acids is 1. The van der Waals surface area contributed by atoms with E-state index in [2.05, 4.69) is 5.32 Å². The molecule has 1 amide bonds. The van der Waals surface area contributed by atoms with E-state index in [1.165, 1.54) is 38.5 Å². The molecule has 0 aromatic heterocycles. The molecule has 4 bridgehead atoms. The van der Waals surface area contributed by atoms with E-state index < -0.39 is 0 Å². The monoisotopic (exact) mass is 345 g/mol. The van der Waals surface area contributed by atoms with Crippen LogP contribution in [0, 0.1) is 17.8 Å². The molecule has 0 radical (unpaired) electrons. The fourth-order valence-electron chi connectivity index (χ4n) is 5.42. The number of hydrogen-bond acceptors (Lipinski definition) is 3. The van der Waals surface area contributed by atoms with Crippen molar-refractivity contribution in [1.29, 1.82) is 0 Å². The molecule has 24 heavy (non-hydrogen) atoms. The molecule has 3 nitrogen and oxygen atoms in total. The summed E-state index contributed by atoms with van der Waals surface area (Å²) in [4.78, 5) is 12.4. The molecule has 130 valence electrons. The van der Waals surface area contributed by atoms with Gasteiger partial charge < -0.3 is 10.1 Å². The van der Waals surface area contributed by atoms with Gasteiger partial charge in [0.2, 0.25) is 5.91 Å². The summed E-state index contributed by atoms with van der Waals surface area (Å²) in [7, 11) is 0. The number of rotatable bonds is 6. The molecule has 0 saturated heterocycles. The molecule has 0 unspecified atom stereocenters. The average molecular weight is 346 g/mol. The van der Waals surface area contributed by atoms with Crippen LogP contribution in [0.15, 0.2) is 24.3 Å². The molecule has 1 aromatic rings. The molecule has 4 aliphatic rings. The number of ether oxygens (including phenoxy) is 1. The van der Waals surface area contributed by atoms with Crippen LogP contribution in [0.4, 0.5) is 5.69 Å². The molecule has 4 heteroatoms. The van der Waals surface area contributed by atoms with E-state index in [4.69, 9.17) is 4.74 Å². The number of hydrogen-bond donors (Lipinski definition) is 1. The second kappa shape index (κ2) is 6.62. The third kappa shape index (κ3) is 3.44. The van der Waals surface area contributed by atoms with Crippen molar-refractivity contribution in [3.63, 3.8) is 0 Å². The number of nitrogens with one attached hydrogen (secondary N) is 1. The van der Waals surface area contributed by atoms with Crippen molar-refractivity contribution in [2.75, 3.05) is 17.7 Å². The van der Waals surface area contributed by atoms with Crippen LogP contribution < -0.4 is 10.1 Å². The zero-order valence-electron chi connectivity index (χ0n) is 14.4. The maximum Gasteiger partial charge on any atom is 0.234 e. The summed E-state index contributed by atoms with van der Waals surface area (Å²) in [5.74, 6) is 4.38. The van der Waals surface area contributed by atoms with Gasteiger partial charge in [-0.3, -0.25) is 4.79 Å². The highest BCUT2D eigenvalue weighted by atomic mass is 32.2. The fourth-order valence-corrected chi connectivity index (χ4v) is 6.99. The van der Waals surface area contributed by atoms with E-state index in [0.717, 1.165) is 29.2 Å². The average Bonchev–Trinajstić information content (AvgIpc) is 2.54. The third-order valence-corrected chi connectivity index (χ3v) is 7.46. The fraction of sp³-hybridized carbons (Fsp3) is 0.650. The number of amides is 1. The maximum absolute atomic E-state index is 12.4. The van der Waals surface area contributed by atoms with Gasteiger partial charge in [0, 0.05) is 10.4 Å². The van der Waals surface area contributed by atoms with Gasteiger partial charge >= 0.3 is 0 Å². The zero-order chi connectivity index (χ0) is 16.6. The summed E-state index contributed by atoms with van der Waals surface area (Å²) in [6.45, 7) is 2.63. The Morgan fingerprint density at radius 2 is 1.71 bits per heavy atom. The highest BCUT2D eigenvalue weighted by Gasteiger charge is 2.51. The quantitative estimate of drug-likeness (QED) is 0.810. The lowest BCUT2D eigenvalue weighted by molar-refractivity contribution is -0.113. The Morgan fingerprint density at radius 1 is 1.12 bits per heavy atom. The summed E-state index contributed by atoms with van der Waals surface area (Å²) in [6, 6.07) is 7.65. The van der Waals surface area contributed by atoms with Gasteiger partial charge in [0.05, 0.1) is 12.4 Å². The normalized spacial score (nSPS) is 33.5. The Morgan fingerprint density at radius 3 is 2.25 bits per heavy atom. The van der Waals surface area contributed by atoms with Crippen molar-refractivity contribution < 1.29 is 9.53 Å². The number of anilines is 1. The predicted octanol–water partition coefficient (Wildman–Crippen LogP) is 4.73. The van der Waals surface area contributed by atoms with Crippen molar-refractivity contribution in [2.45, 2.75) is 50.2 Å². The molecule has 0 aliphatic heterocycles. The highest BCUT2D eigenvalue weighted by molar-refractivity contribution is 8.01. The first kappa shape index (κ1) is 16.3. The van der Waals surface area contributed by atoms with Gasteiger partial charge in [-0.1, -0.05) is 0 Å². The summed E-state index contributed by atoms with van der Waals surface area (Å²) in [5.41, 5.74) is 0.856. The van der Waals surface area contributed by atoms with Crippen LogP contribution in [0.1, 0.15) is 45.4 Å². The minimum absolute atomic E-state index is 0.125. The molecular weight excluding hydrogens is 318 g/mol. The molecule has 0 spiro atoms. The Balaban J connectivity index is 1.30. The van der Waals surface area contributed by atoms with E-state index in [0.29, 0.717) is 17.1 Å².